The van der Waals surface area contributed by atoms with Crippen molar-refractivity contribution in [3.63, 3.8) is 0 Å². The van der Waals surface area contributed by atoms with Gasteiger partial charge < -0.3 is 14.2 Å². The van der Waals surface area contributed by atoms with Gasteiger partial charge in [-0.3, -0.25) is 14.4 Å². The summed E-state index contributed by atoms with van der Waals surface area (Å²) in [7, 11) is 0. The van der Waals surface area contributed by atoms with Crippen molar-refractivity contribution in [3.05, 3.63) is 24.3 Å². The van der Waals surface area contributed by atoms with E-state index in [4.69, 9.17) is 14.2 Å². The highest BCUT2D eigenvalue weighted by molar-refractivity contribution is 5.71. The van der Waals surface area contributed by atoms with Crippen molar-refractivity contribution in [2.75, 3.05) is 13.2 Å². The number of rotatable bonds is 70. The van der Waals surface area contributed by atoms with E-state index in [9.17, 15) is 14.4 Å². The van der Waals surface area contributed by atoms with E-state index >= 15 is 0 Å². The Kier molecular flexibility index (Phi) is 69.5. The Morgan fingerprint density at radius 1 is 0.244 bits per heavy atom. The highest BCUT2D eigenvalue weighted by Gasteiger charge is 2.20. The molecule has 0 spiro atoms. The number of esters is 3. The van der Waals surface area contributed by atoms with Crippen molar-refractivity contribution >= 4 is 17.9 Å². The third kappa shape index (κ3) is 68.7. The Hall–Kier alpha value is -2.11. The van der Waals surface area contributed by atoms with Gasteiger partial charge in [-0.25, -0.2) is 0 Å². The molecule has 0 saturated carbocycles. The van der Waals surface area contributed by atoms with Crippen LogP contribution in [0.2, 0.25) is 0 Å². The minimum absolute atomic E-state index is 0.0639. The first-order valence-electron chi connectivity index (χ1n) is 37.3. The van der Waals surface area contributed by atoms with Crippen LogP contribution in [0, 0.1) is 0 Å². The van der Waals surface area contributed by atoms with Gasteiger partial charge in [0.1, 0.15) is 13.2 Å². The van der Waals surface area contributed by atoms with Crippen LogP contribution in [0.3, 0.4) is 0 Å². The van der Waals surface area contributed by atoms with E-state index in [0.29, 0.717) is 19.3 Å². The fourth-order valence-corrected chi connectivity index (χ4v) is 11.6. The molecule has 6 heteroatoms. The lowest BCUT2D eigenvalue weighted by molar-refractivity contribution is -0.167. The van der Waals surface area contributed by atoms with Crippen LogP contribution < -0.4 is 0 Å². The molecule has 0 amide bonds. The molecule has 0 fully saturated rings. The van der Waals surface area contributed by atoms with Gasteiger partial charge >= 0.3 is 17.9 Å². The van der Waals surface area contributed by atoms with Crippen LogP contribution in [0.5, 0.6) is 0 Å². The summed E-state index contributed by atoms with van der Waals surface area (Å²) in [6, 6.07) is 0. The quantitative estimate of drug-likeness (QED) is 0.0261. The molecule has 0 aliphatic heterocycles. The number of carbonyl (C=O) groups is 3. The molecule has 0 aromatic rings. The first-order valence-corrected chi connectivity index (χ1v) is 37.3. The van der Waals surface area contributed by atoms with Crippen molar-refractivity contribution in [1.29, 1.82) is 0 Å². The van der Waals surface area contributed by atoms with Crippen LogP contribution in [0.1, 0.15) is 425 Å². The fourth-order valence-electron chi connectivity index (χ4n) is 11.6. The molecular formula is C76H144O6. The Morgan fingerprint density at radius 2 is 0.439 bits per heavy atom. The number of carbonyl (C=O) groups excluding carboxylic acids is 3. The molecule has 82 heavy (non-hydrogen) atoms. The van der Waals surface area contributed by atoms with Crippen LogP contribution in [-0.2, 0) is 28.6 Å². The van der Waals surface area contributed by atoms with Crippen LogP contribution in [-0.4, -0.2) is 37.2 Å². The Labute approximate surface area is 513 Å². The molecule has 0 radical (unpaired) electrons. The average Bonchev–Trinajstić information content (AvgIpc) is 3.47. The summed E-state index contributed by atoms with van der Waals surface area (Å²) in [5.41, 5.74) is 0. The van der Waals surface area contributed by atoms with Crippen molar-refractivity contribution in [2.24, 2.45) is 0 Å². The summed E-state index contributed by atoms with van der Waals surface area (Å²) in [5, 5.41) is 0. The van der Waals surface area contributed by atoms with E-state index in [0.717, 1.165) is 64.2 Å². The Bertz CT molecular complexity index is 1320. The topological polar surface area (TPSA) is 78.9 Å². The normalized spacial score (nSPS) is 12.1. The second kappa shape index (κ2) is 71.4. The summed E-state index contributed by atoms with van der Waals surface area (Å²) >= 11 is 0. The van der Waals surface area contributed by atoms with E-state index in [2.05, 4.69) is 45.1 Å². The molecule has 484 valence electrons. The summed E-state index contributed by atoms with van der Waals surface area (Å²) in [4.78, 5) is 38.5. The molecular weight excluding hydrogens is 1010 g/mol. The largest absolute Gasteiger partial charge is 0.462 e. The lowest BCUT2D eigenvalue weighted by Crippen LogP contribution is -2.30. The molecule has 0 aliphatic rings. The summed E-state index contributed by atoms with van der Waals surface area (Å²) in [6.45, 7) is 6.72. The number of unbranched alkanes of at least 4 members (excludes halogenated alkanes) is 55. The smallest absolute Gasteiger partial charge is 0.306 e. The first-order chi connectivity index (χ1) is 40.5. The van der Waals surface area contributed by atoms with E-state index in [1.165, 1.54) is 321 Å². The summed E-state index contributed by atoms with van der Waals surface area (Å²) < 4.78 is 17.0. The summed E-state index contributed by atoms with van der Waals surface area (Å²) in [6.07, 6.45) is 87.9. The lowest BCUT2D eigenvalue weighted by Gasteiger charge is -2.18. The van der Waals surface area contributed by atoms with E-state index in [1.54, 1.807) is 0 Å². The molecule has 0 N–H and O–H groups in total. The van der Waals surface area contributed by atoms with Gasteiger partial charge in [-0.05, 0) is 51.4 Å². The van der Waals surface area contributed by atoms with E-state index in [-0.39, 0.29) is 31.1 Å². The average molecular weight is 1150 g/mol. The van der Waals surface area contributed by atoms with Gasteiger partial charge in [-0.1, -0.05) is 379 Å². The van der Waals surface area contributed by atoms with Crippen LogP contribution in [0.4, 0.5) is 0 Å². The zero-order valence-electron chi connectivity index (χ0n) is 55.8. The predicted molar refractivity (Wildman–Crippen MR) is 358 cm³/mol. The third-order valence-electron chi connectivity index (χ3n) is 17.2. The SMILES string of the molecule is CCCCCCC/C=C\C/C=C\CCCCCCCCCCCCCCCC(=O)OCC(COC(=O)CCCCCCCCCCCCCCCC)OC(=O)CCCCCCCCCCCCCCCCCCCCCCCCCCC. The number of hydrogen-bond acceptors (Lipinski definition) is 6. The number of allylic oxidation sites excluding steroid dienone is 4. The van der Waals surface area contributed by atoms with Gasteiger partial charge in [0, 0.05) is 19.3 Å². The van der Waals surface area contributed by atoms with Gasteiger partial charge in [0.2, 0.25) is 0 Å². The first kappa shape index (κ1) is 79.9. The van der Waals surface area contributed by atoms with Gasteiger partial charge in [-0.15, -0.1) is 0 Å². The number of ether oxygens (including phenoxy) is 3. The molecule has 0 aromatic heterocycles. The van der Waals surface area contributed by atoms with E-state index in [1.807, 2.05) is 0 Å². The Balaban J connectivity index is 4.22. The predicted octanol–water partition coefficient (Wildman–Crippen LogP) is 25.7. The molecule has 0 rings (SSSR count). The second-order valence-electron chi connectivity index (χ2n) is 25.6. The zero-order chi connectivity index (χ0) is 59.2. The minimum Gasteiger partial charge on any atom is -0.462 e. The highest BCUT2D eigenvalue weighted by Crippen LogP contribution is 2.19. The van der Waals surface area contributed by atoms with Gasteiger partial charge in [0.15, 0.2) is 6.10 Å². The molecule has 1 atom stereocenters. The maximum absolute atomic E-state index is 13.0. The molecule has 6 nitrogen and oxygen atoms in total. The lowest BCUT2D eigenvalue weighted by atomic mass is 10.0. The Morgan fingerprint density at radius 3 is 0.671 bits per heavy atom. The number of hydrogen-bond donors (Lipinski definition) is 0. The van der Waals surface area contributed by atoms with Crippen molar-refractivity contribution in [1.82, 2.24) is 0 Å². The highest BCUT2D eigenvalue weighted by atomic mass is 16.6. The van der Waals surface area contributed by atoms with Crippen molar-refractivity contribution in [2.45, 2.75) is 431 Å². The van der Waals surface area contributed by atoms with Crippen LogP contribution in [0.25, 0.3) is 0 Å². The summed E-state index contributed by atoms with van der Waals surface area (Å²) in [5.74, 6) is -0.828. The molecule has 0 aliphatic carbocycles. The van der Waals surface area contributed by atoms with Crippen LogP contribution >= 0.6 is 0 Å². The van der Waals surface area contributed by atoms with Gasteiger partial charge in [-0.2, -0.15) is 0 Å². The monoisotopic (exact) mass is 1150 g/mol. The molecule has 0 saturated heterocycles. The maximum atomic E-state index is 13.0. The second-order valence-corrected chi connectivity index (χ2v) is 25.6. The molecule has 0 bridgehead atoms. The fraction of sp³-hybridized carbons (Fsp3) is 0.908. The van der Waals surface area contributed by atoms with Crippen molar-refractivity contribution in [3.8, 4) is 0 Å². The minimum atomic E-state index is -0.768. The van der Waals surface area contributed by atoms with Crippen LogP contribution in [0.15, 0.2) is 24.3 Å². The standard InChI is InChI=1S/C76H144O6/c1-4-7-10-13-16-19-22-25-28-30-32-34-36-38-40-42-44-46-48-51-54-57-60-63-66-69-75(78)81-72-73(71-80-74(77)68-65-62-59-56-53-50-27-24-21-18-15-12-9-6-3)82-76(79)70-67-64-61-58-55-52-49-47-45-43-41-39-37-35-33-31-29-26-23-20-17-14-11-8-5-2/h22,25,30,32,73H,4-21,23-24,26-29,31,33-72H2,1-3H3/b25-22-,32-30-. The maximum Gasteiger partial charge on any atom is 0.306 e. The van der Waals surface area contributed by atoms with E-state index < -0.39 is 6.10 Å². The molecule has 0 heterocycles. The van der Waals surface area contributed by atoms with Gasteiger partial charge in [0.25, 0.3) is 0 Å². The van der Waals surface area contributed by atoms with Gasteiger partial charge in [0.05, 0.1) is 0 Å². The third-order valence-corrected chi connectivity index (χ3v) is 17.2. The zero-order valence-corrected chi connectivity index (χ0v) is 55.8. The molecule has 0 aromatic carbocycles. The molecule has 1 unspecified atom stereocenters. The van der Waals surface area contributed by atoms with Crippen molar-refractivity contribution < 1.29 is 28.6 Å².